The second-order valence-electron chi connectivity index (χ2n) is 2.70. The van der Waals surface area contributed by atoms with E-state index in [9.17, 15) is 9.59 Å². The summed E-state index contributed by atoms with van der Waals surface area (Å²) in [5, 5.41) is 9.13. The zero-order valence-corrected chi connectivity index (χ0v) is 7.66. The first-order chi connectivity index (χ1) is 6.15. The van der Waals surface area contributed by atoms with Gasteiger partial charge in [0.25, 0.3) is 11.8 Å². The molecule has 0 bridgehead atoms. The summed E-state index contributed by atoms with van der Waals surface area (Å²) in [6, 6.07) is 0. The van der Waals surface area contributed by atoms with Crippen molar-refractivity contribution in [1.29, 1.82) is 0 Å². The SMILES string of the molecule is O=C1COCC(=O)N1CC(O)CCl. The highest BCUT2D eigenvalue weighted by Crippen LogP contribution is 2.02. The molecule has 1 heterocycles. The Hall–Kier alpha value is -0.650. The number of aliphatic hydroxyl groups excluding tert-OH is 1. The average Bonchev–Trinajstić information content (AvgIpc) is 2.11. The fourth-order valence-corrected chi connectivity index (χ4v) is 1.08. The molecular formula is C7H10ClNO4. The van der Waals surface area contributed by atoms with Gasteiger partial charge in [-0.15, -0.1) is 11.6 Å². The first kappa shape index (κ1) is 10.4. The molecule has 0 aliphatic carbocycles. The Morgan fingerprint density at radius 3 is 2.46 bits per heavy atom. The van der Waals surface area contributed by atoms with Crippen LogP contribution in [0.4, 0.5) is 0 Å². The summed E-state index contributed by atoms with van der Waals surface area (Å²) < 4.78 is 4.68. The predicted octanol–water partition coefficient (Wildman–Crippen LogP) is -1.03. The number of halogens is 1. The standard InChI is InChI=1S/C7H10ClNO4/c8-1-5(10)2-9-6(11)3-13-4-7(9)12/h5,10H,1-4H2. The van der Waals surface area contributed by atoms with Crippen LogP contribution in [0.15, 0.2) is 0 Å². The highest BCUT2D eigenvalue weighted by molar-refractivity contribution is 6.18. The molecule has 74 valence electrons. The van der Waals surface area contributed by atoms with E-state index in [1.54, 1.807) is 0 Å². The van der Waals surface area contributed by atoms with E-state index < -0.39 is 17.9 Å². The molecule has 0 aromatic heterocycles. The predicted molar refractivity (Wildman–Crippen MR) is 44.3 cm³/mol. The molecule has 1 saturated heterocycles. The van der Waals surface area contributed by atoms with Gasteiger partial charge in [0, 0.05) is 0 Å². The zero-order valence-electron chi connectivity index (χ0n) is 6.90. The minimum absolute atomic E-state index is 0.00207. The van der Waals surface area contributed by atoms with Crippen molar-refractivity contribution in [3.05, 3.63) is 0 Å². The Morgan fingerprint density at radius 1 is 1.46 bits per heavy atom. The van der Waals surface area contributed by atoms with E-state index in [1.807, 2.05) is 0 Å². The average molecular weight is 208 g/mol. The third kappa shape index (κ3) is 2.65. The van der Waals surface area contributed by atoms with Gasteiger partial charge in [0.15, 0.2) is 0 Å². The molecule has 2 amide bonds. The van der Waals surface area contributed by atoms with Gasteiger partial charge in [-0.05, 0) is 0 Å². The van der Waals surface area contributed by atoms with Gasteiger partial charge in [0.05, 0.1) is 18.5 Å². The molecule has 0 spiro atoms. The van der Waals surface area contributed by atoms with Gasteiger partial charge in [-0.25, -0.2) is 0 Å². The van der Waals surface area contributed by atoms with Gasteiger partial charge in [-0.2, -0.15) is 0 Å². The number of morpholine rings is 1. The first-order valence-corrected chi connectivity index (χ1v) is 4.33. The Balaban J connectivity index is 2.54. The van der Waals surface area contributed by atoms with Crippen LogP contribution >= 0.6 is 11.6 Å². The molecule has 5 nitrogen and oxygen atoms in total. The van der Waals surface area contributed by atoms with E-state index in [0.717, 1.165) is 4.90 Å². The van der Waals surface area contributed by atoms with Crippen LogP contribution in [0.1, 0.15) is 0 Å². The number of hydrogen-bond acceptors (Lipinski definition) is 4. The van der Waals surface area contributed by atoms with E-state index in [2.05, 4.69) is 4.74 Å². The maximum absolute atomic E-state index is 11.1. The van der Waals surface area contributed by atoms with Crippen molar-refractivity contribution >= 4 is 23.4 Å². The molecule has 1 rings (SSSR count). The number of hydrogen-bond donors (Lipinski definition) is 1. The number of alkyl halides is 1. The zero-order chi connectivity index (χ0) is 9.84. The van der Waals surface area contributed by atoms with Crippen molar-refractivity contribution in [2.24, 2.45) is 0 Å². The molecule has 0 radical (unpaired) electrons. The van der Waals surface area contributed by atoms with Crippen LogP contribution in [0, 0.1) is 0 Å². The van der Waals surface area contributed by atoms with E-state index in [1.165, 1.54) is 0 Å². The molecule has 1 aliphatic heterocycles. The maximum atomic E-state index is 11.1. The molecule has 0 aromatic carbocycles. The molecule has 1 unspecified atom stereocenters. The van der Waals surface area contributed by atoms with Crippen molar-refractivity contribution in [1.82, 2.24) is 4.90 Å². The summed E-state index contributed by atoms with van der Waals surface area (Å²) >= 11 is 5.34. The van der Waals surface area contributed by atoms with E-state index in [4.69, 9.17) is 16.7 Å². The van der Waals surface area contributed by atoms with Crippen LogP contribution in [0.3, 0.4) is 0 Å². The monoisotopic (exact) mass is 207 g/mol. The number of carbonyl (C=O) groups excluding carboxylic acids is 2. The van der Waals surface area contributed by atoms with Crippen molar-refractivity contribution in [2.75, 3.05) is 25.6 Å². The van der Waals surface area contributed by atoms with Gasteiger partial charge in [-0.3, -0.25) is 14.5 Å². The molecule has 1 fully saturated rings. The number of ether oxygens (including phenoxy) is 1. The summed E-state index contributed by atoms with van der Waals surface area (Å²) in [6.07, 6.45) is -0.868. The number of β-amino-alcohol motifs (C(OH)–C–C–N with tert-alkyl or cyclic N) is 1. The Labute approximate surface area is 80.2 Å². The van der Waals surface area contributed by atoms with Crippen molar-refractivity contribution in [3.63, 3.8) is 0 Å². The number of nitrogens with zero attached hydrogens (tertiary/aromatic N) is 1. The van der Waals surface area contributed by atoms with Crippen LogP contribution in [-0.4, -0.2) is 53.6 Å². The Kier molecular flexibility index (Phi) is 3.65. The van der Waals surface area contributed by atoms with E-state index in [0.29, 0.717) is 0 Å². The lowest BCUT2D eigenvalue weighted by atomic mass is 10.3. The third-order valence-electron chi connectivity index (χ3n) is 1.62. The van der Waals surface area contributed by atoms with Crippen LogP contribution in [-0.2, 0) is 14.3 Å². The third-order valence-corrected chi connectivity index (χ3v) is 1.98. The quantitative estimate of drug-likeness (QED) is 0.475. The minimum atomic E-state index is -0.868. The summed E-state index contributed by atoms with van der Waals surface area (Å²) in [7, 11) is 0. The number of aliphatic hydroxyl groups is 1. The fourth-order valence-electron chi connectivity index (χ4n) is 0.984. The number of carbonyl (C=O) groups is 2. The first-order valence-electron chi connectivity index (χ1n) is 3.80. The largest absolute Gasteiger partial charge is 0.390 e. The summed E-state index contributed by atoms with van der Waals surface area (Å²) in [4.78, 5) is 23.1. The summed E-state index contributed by atoms with van der Waals surface area (Å²) in [5.41, 5.74) is 0. The van der Waals surface area contributed by atoms with Gasteiger partial charge in [0.2, 0.25) is 0 Å². The topological polar surface area (TPSA) is 66.8 Å². The molecule has 1 N–H and O–H groups in total. The van der Waals surface area contributed by atoms with Crippen molar-refractivity contribution in [3.8, 4) is 0 Å². The molecule has 6 heteroatoms. The lowest BCUT2D eigenvalue weighted by Crippen LogP contribution is -2.49. The summed E-state index contributed by atoms with van der Waals surface area (Å²) in [6.45, 7) is -0.272. The number of amides is 2. The second kappa shape index (κ2) is 4.55. The molecule has 1 aliphatic rings. The molecule has 0 saturated carbocycles. The lowest BCUT2D eigenvalue weighted by molar-refractivity contribution is -0.159. The Morgan fingerprint density at radius 2 is 2.00 bits per heavy atom. The molecule has 1 atom stereocenters. The molecule has 0 aromatic rings. The molecular weight excluding hydrogens is 198 g/mol. The minimum Gasteiger partial charge on any atom is -0.390 e. The number of rotatable bonds is 3. The highest BCUT2D eigenvalue weighted by Gasteiger charge is 2.27. The van der Waals surface area contributed by atoms with Crippen molar-refractivity contribution in [2.45, 2.75) is 6.10 Å². The number of imide groups is 1. The van der Waals surface area contributed by atoms with E-state index >= 15 is 0 Å². The van der Waals surface area contributed by atoms with E-state index in [-0.39, 0.29) is 25.6 Å². The fraction of sp³-hybridized carbons (Fsp3) is 0.714. The van der Waals surface area contributed by atoms with Crippen LogP contribution < -0.4 is 0 Å². The highest BCUT2D eigenvalue weighted by atomic mass is 35.5. The summed E-state index contributed by atoms with van der Waals surface area (Å²) in [5.74, 6) is -0.862. The van der Waals surface area contributed by atoms with Gasteiger partial charge >= 0.3 is 0 Å². The van der Waals surface area contributed by atoms with Crippen LogP contribution in [0.2, 0.25) is 0 Å². The maximum Gasteiger partial charge on any atom is 0.255 e. The normalized spacial score (nSPS) is 20.6. The molecule has 13 heavy (non-hydrogen) atoms. The van der Waals surface area contributed by atoms with Crippen molar-refractivity contribution < 1.29 is 19.4 Å². The Bertz CT molecular complexity index is 205. The van der Waals surface area contributed by atoms with Gasteiger partial charge in [-0.1, -0.05) is 0 Å². The lowest BCUT2D eigenvalue weighted by Gasteiger charge is -2.26. The smallest absolute Gasteiger partial charge is 0.255 e. The van der Waals surface area contributed by atoms with Gasteiger partial charge < -0.3 is 9.84 Å². The second-order valence-corrected chi connectivity index (χ2v) is 3.01. The van der Waals surface area contributed by atoms with Crippen LogP contribution in [0.5, 0.6) is 0 Å². The van der Waals surface area contributed by atoms with Crippen LogP contribution in [0.25, 0.3) is 0 Å². The van der Waals surface area contributed by atoms with Gasteiger partial charge in [0.1, 0.15) is 13.2 Å².